The maximum absolute atomic E-state index is 5.69. The lowest BCUT2D eigenvalue weighted by Gasteiger charge is -2.18. The van der Waals surface area contributed by atoms with Crippen LogP contribution in [0.4, 0.5) is 0 Å². The van der Waals surface area contributed by atoms with Gasteiger partial charge in [0.15, 0.2) is 0 Å². The molecule has 1 fully saturated rings. The van der Waals surface area contributed by atoms with Gasteiger partial charge in [-0.25, -0.2) is 0 Å². The average Bonchev–Trinajstić information content (AvgIpc) is 2.59. The molecule has 0 saturated heterocycles. The molecule has 0 aliphatic heterocycles. The van der Waals surface area contributed by atoms with Crippen LogP contribution in [-0.4, -0.2) is 19.2 Å². The fraction of sp³-hybridized carbons (Fsp3) is 0.625. The second kappa shape index (κ2) is 5.75. The lowest BCUT2D eigenvalue weighted by atomic mass is 9.91. The SMILES string of the molecule is CC1CC(C)(C)CC1NCCOc1ccccc1. The molecule has 2 atom stereocenters. The van der Waals surface area contributed by atoms with Crippen LogP contribution in [0.25, 0.3) is 0 Å². The van der Waals surface area contributed by atoms with Crippen molar-refractivity contribution in [2.24, 2.45) is 11.3 Å². The summed E-state index contributed by atoms with van der Waals surface area (Å²) in [6, 6.07) is 10.7. The van der Waals surface area contributed by atoms with Crippen molar-refractivity contribution in [3.63, 3.8) is 0 Å². The summed E-state index contributed by atoms with van der Waals surface area (Å²) in [5.74, 6) is 1.73. The van der Waals surface area contributed by atoms with Crippen LogP contribution in [0.15, 0.2) is 30.3 Å². The third-order valence-corrected chi connectivity index (χ3v) is 3.85. The minimum Gasteiger partial charge on any atom is -0.492 e. The molecule has 100 valence electrons. The smallest absolute Gasteiger partial charge is 0.119 e. The molecule has 1 saturated carbocycles. The van der Waals surface area contributed by atoms with Crippen molar-refractivity contribution >= 4 is 0 Å². The lowest BCUT2D eigenvalue weighted by Crippen LogP contribution is -2.34. The molecule has 2 unspecified atom stereocenters. The summed E-state index contributed by atoms with van der Waals surface area (Å²) in [7, 11) is 0. The zero-order chi connectivity index (χ0) is 13.0. The normalized spacial score (nSPS) is 26.2. The highest BCUT2D eigenvalue weighted by Crippen LogP contribution is 2.40. The van der Waals surface area contributed by atoms with Gasteiger partial charge in [-0.15, -0.1) is 0 Å². The first-order valence-corrected chi connectivity index (χ1v) is 6.98. The zero-order valence-corrected chi connectivity index (χ0v) is 11.8. The molecular weight excluding hydrogens is 222 g/mol. The number of rotatable bonds is 5. The Morgan fingerprint density at radius 2 is 1.94 bits per heavy atom. The number of nitrogens with one attached hydrogen (secondary N) is 1. The van der Waals surface area contributed by atoms with E-state index in [4.69, 9.17) is 4.74 Å². The topological polar surface area (TPSA) is 21.3 Å². The summed E-state index contributed by atoms with van der Waals surface area (Å²) in [4.78, 5) is 0. The van der Waals surface area contributed by atoms with Gasteiger partial charge in [-0.2, -0.15) is 0 Å². The van der Waals surface area contributed by atoms with Gasteiger partial charge in [-0.05, 0) is 36.3 Å². The molecule has 18 heavy (non-hydrogen) atoms. The summed E-state index contributed by atoms with van der Waals surface area (Å²) >= 11 is 0. The molecule has 1 aromatic rings. The standard InChI is InChI=1S/C16H25NO/c1-13-11-16(2,3)12-15(13)17-9-10-18-14-7-5-4-6-8-14/h4-8,13,15,17H,9-12H2,1-3H3. The monoisotopic (exact) mass is 247 g/mol. The minimum atomic E-state index is 0.497. The van der Waals surface area contributed by atoms with Crippen molar-refractivity contribution in [2.75, 3.05) is 13.2 Å². The minimum absolute atomic E-state index is 0.497. The van der Waals surface area contributed by atoms with Crippen molar-refractivity contribution in [1.82, 2.24) is 5.32 Å². The predicted octanol–water partition coefficient (Wildman–Crippen LogP) is 3.48. The Balaban J connectivity index is 1.67. The van der Waals surface area contributed by atoms with Gasteiger partial charge in [0.2, 0.25) is 0 Å². The van der Waals surface area contributed by atoms with Gasteiger partial charge in [0.25, 0.3) is 0 Å². The van der Waals surface area contributed by atoms with Crippen LogP contribution in [0.5, 0.6) is 5.75 Å². The molecule has 0 bridgehead atoms. The van der Waals surface area contributed by atoms with Crippen LogP contribution in [0.1, 0.15) is 33.6 Å². The third-order valence-electron chi connectivity index (χ3n) is 3.85. The van der Waals surface area contributed by atoms with Crippen molar-refractivity contribution in [3.05, 3.63) is 30.3 Å². The van der Waals surface area contributed by atoms with E-state index in [2.05, 4.69) is 26.1 Å². The molecule has 1 aliphatic carbocycles. The van der Waals surface area contributed by atoms with E-state index in [9.17, 15) is 0 Å². The van der Waals surface area contributed by atoms with E-state index >= 15 is 0 Å². The fourth-order valence-electron chi connectivity index (χ4n) is 3.10. The van der Waals surface area contributed by atoms with Crippen LogP contribution in [-0.2, 0) is 0 Å². The van der Waals surface area contributed by atoms with Crippen LogP contribution in [0, 0.1) is 11.3 Å². The van der Waals surface area contributed by atoms with E-state index in [-0.39, 0.29) is 0 Å². The Morgan fingerprint density at radius 1 is 1.22 bits per heavy atom. The molecule has 2 nitrogen and oxygen atoms in total. The second-order valence-corrected chi connectivity index (χ2v) is 6.27. The van der Waals surface area contributed by atoms with Gasteiger partial charge < -0.3 is 10.1 Å². The highest BCUT2D eigenvalue weighted by atomic mass is 16.5. The molecule has 0 aromatic heterocycles. The van der Waals surface area contributed by atoms with Gasteiger partial charge in [-0.1, -0.05) is 39.0 Å². The lowest BCUT2D eigenvalue weighted by molar-refractivity contribution is 0.294. The molecule has 2 heteroatoms. The van der Waals surface area contributed by atoms with E-state index in [0.717, 1.165) is 24.8 Å². The van der Waals surface area contributed by atoms with Crippen LogP contribution in [0.3, 0.4) is 0 Å². The number of para-hydroxylation sites is 1. The van der Waals surface area contributed by atoms with Crippen LogP contribution >= 0.6 is 0 Å². The predicted molar refractivity (Wildman–Crippen MR) is 75.9 cm³/mol. The van der Waals surface area contributed by atoms with Crippen molar-refractivity contribution in [1.29, 1.82) is 0 Å². The molecular formula is C16H25NO. The average molecular weight is 247 g/mol. The molecule has 0 heterocycles. The van der Waals surface area contributed by atoms with Crippen molar-refractivity contribution in [3.8, 4) is 5.75 Å². The Kier molecular flexibility index (Phi) is 4.28. The molecule has 1 aliphatic rings. The van der Waals surface area contributed by atoms with Gasteiger partial charge >= 0.3 is 0 Å². The molecule has 0 amide bonds. The first kappa shape index (κ1) is 13.4. The van der Waals surface area contributed by atoms with E-state index in [1.54, 1.807) is 0 Å². The number of benzene rings is 1. The number of hydrogen-bond acceptors (Lipinski definition) is 2. The largest absolute Gasteiger partial charge is 0.492 e. The highest BCUT2D eigenvalue weighted by molar-refractivity contribution is 5.20. The summed E-state index contributed by atoms with van der Waals surface area (Å²) < 4.78 is 5.69. The Labute approximate surface area is 111 Å². The van der Waals surface area contributed by atoms with Crippen LogP contribution in [0.2, 0.25) is 0 Å². The van der Waals surface area contributed by atoms with Gasteiger partial charge in [-0.3, -0.25) is 0 Å². The van der Waals surface area contributed by atoms with Crippen molar-refractivity contribution < 1.29 is 4.74 Å². The first-order valence-electron chi connectivity index (χ1n) is 6.98. The number of ether oxygens (including phenoxy) is 1. The van der Waals surface area contributed by atoms with E-state index < -0.39 is 0 Å². The van der Waals surface area contributed by atoms with Crippen molar-refractivity contribution in [2.45, 2.75) is 39.7 Å². The summed E-state index contributed by atoms with van der Waals surface area (Å²) in [6.45, 7) is 8.76. The Morgan fingerprint density at radius 3 is 2.56 bits per heavy atom. The molecule has 0 spiro atoms. The maximum Gasteiger partial charge on any atom is 0.119 e. The van der Waals surface area contributed by atoms with E-state index in [0.29, 0.717) is 11.5 Å². The maximum atomic E-state index is 5.69. The number of hydrogen-bond donors (Lipinski definition) is 1. The summed E-state index contributed by atoms with van der Waals surface area (Å²) in [5, 5.41) is 3.63. The molecule has 1 aromatic carbocycles. The highest BCUT2D eigenvalue weighted by Gasteiger charge is 2.35. The van der Waals surface area contributed by atoms with E-state index in [1.807, 2.05) is 30.3 Å². The Hall–Kier alpha value is -1.02. The second-order valence-electron chi connectivity index (χ2n) is 6.27. The molecule has 0 radical (unpaired) electrons. The van der Waals surface area contributed by atoms with Gasteiger partial charge in [0.05, 0.1) is 0 Å². The van der Waals surface area contributed by atoms with Crippen LogP contribution < -0.4 is 10.1 Å². The Bertz CT molecular complexity index is 361. The van der Waals surface area contributed by atoms with E-state index in [1.165, 1.54) is 12.8 Å². The summed E-state index contributed by atoms with van der Waals surface area (Å²) in [5.41, 5.74) is 0.497. The zero-order valence-electron chi connectivity index (χ0n) is 11.8. The van der Waals surface area contributed by atoms with Gasteiger partial charge in [0.1, 0.15) is 12.4 Å². The summed E-state index contributed by atoms with van der Waals surface area (Å²) in [6.07, 6.45) is 2.60. The third kappa shape index (κ3) is 3.74. The molecule has 1 N–H and O–H groups in total. The fourth-order valence-corrected chi connectivity index (χ4v) is 3.10. The quantitative estimate of drug-likeness (QED) is 0.804. The van der Waals surface area contributed by atoms with Gasteiger partial charge in [0, 0.05) is 12.6 Å². The first-order chi connectivity index (χ1) is 8.57. The molecule has 2 rings (SSSR count).